The Labute approximate surface area is 172 Å². The van der Waals surface area contributed by atoms with Crippen LogP contribution in [-0.2, 0) is 6.18 Å². The van der Waals surface area contributed by atoms with Gasteiger partial charge < -0.3 is 10.6 Å². The SMILES string of the molecule is Cc1ccc(C(=NC(=S)Nc2cccc(C(F)(F)F)c2)Nc2ccccc2)cc1. The number of rotatable bonds is 3. The van der Waals surface area contributed by atoms with E-state index >= 15 is 0 Å². The molecular formula is C22H18F3N3S. The Hall–Kier alpha value is -3.19. The normalized spacial score (nSPS) is 11.8. The summed E-state index contributed by atoms with van der Waals surface area (Å²) in [6.45, 7) is 1.98. The van der Waals surface area contributed by atoms with Crippen molar-refractivity contribution in [1.29, 1.82) is 0 Å². The maximum absolute atomic E-state index is 12.9. The Morgan fingerprint density at radius 2 is 1.48 bits per heavy atom. The highest BCUT2D eigenvalue weighted by atomic mass is 32.1. The Morgan fingerprint density at radius 1 is 0.828 bits per heavy atom. The number of nitrogens with one attached hydrogen (secondary N) is 2. The van der Waals surface area contributed by atoms with Crippen molar-refractivity contribution in [2.75, 3.05) is 10.6 Å². The largest absolute Gasteiger partial charge is 0.416 e. The summed E-state index contributed by atoms with van der Waals surface area (Å²) >= 11 is 5.27. The molecule has 2 N–H and O–H groups in total. The predicted octanol–water partition coefficient (Wildman–Crippen LogP) is 6.27. The number of anilines is 2. The van der Waals surface area contributed by atoms with E-state index in [9.17, 15) is 13.2 Å². The number of benzene rings is 3. The fourth-order valence-corrected chi connectivity index (χ4v) is 2.77. The van der Waals surface area contributed by atoms with Crippen molar-refractivity contribution in [3.63, 3.8) is 0 Å². The van der Waals surface area contributed by atoms with E-state index < -0.39 is 11.7 Å². The van der Waals surface area contributed by atoms with Crippen molar-refractivity contribution in [2.24, 2.45) is 4.99 Å². The lowest BCUT2D eigenvalue weighted by Crippen LogP contribution is -2.18. The zero-order chi connectivity index (χ0) is 20.9. The molecule has 0 atom stereocenters. The van der Waals surface area contributed by atoms with Gasteiger partial charge >= 0.3 is 6.18 Å². The Morgan fingerprint density at radius 3 is 2.14 bits per heavy atom. The predicted molar refractivity (Wildman–Crippen MR) is 115 cm³/mol. The summed E-state index contributed by atoms with van der Waals surface area (Å²) < 4.78 is 38.7. The number of alkyl halides is 3. The van der Waals surface area contributed by atoms with Crippen molar-refractivity contribution in [3.8, 4) is 0 Å². The Kier molecular flexibility index (Phi) is 6.29. The first-order valence-electron chi connectivity index (χ1n) is 8.77. The molecule has 0 saturated carbocycles. The number of hydrogen-bond donors (Lipinski definition) is 2. The summed E-state index contributed by atoms with van der Waals surface area (Å²) in [5, 5.41) is 6.01. The van der Waals surface area contributed by atoms with Gasteiger partial charge in [-0.3, -0.25) is 0 Å². The summed E-state index contributed by atoms with van der Waals surface area (Å²) in [6.07, 6.45) is -4.43. The maximum Gasteiger partial charge on any atom is 0.416 e. The fourth-order valence-electron chi connectivity index (χ4n) is 2.56. The van der Waals surface area contributed by atoms with Crippen LogP contribution < -0.4 is 10.6 Å². The monoisotopic (exact) mass is 413 g/mol. The molecule has 3 aromatic carbocycles. The molecule has 0 unspecified atom stereocenters. The molecule has 7 heteroatoms. The third-order valence-electron chi connectivity index (χ3n) is 4.02. The molecular weight excluding hydrogens is 395 g/mol. The quantitative estimate of drug-likeness (QED) is 0.302. The molecule has 0 saturated heterocycles. The number of para-hydroxylation sites is 1. The van der Waals surface area contributed by atoms with Gasteiger partial charge in [0.25, 0.3) is 0 Å². The van der Waals surface area contributed by atoms with E-state index in [2.05, 4.69) is 15.6 Å². The molecule has 0 heterocycles. The topological polar surface area (TPSA) is 36.4 Å². The molecule has 0 aliphatic carbocycles. The van der Waals surface area contributed by atoms with Gasteiger partial charge in [0.2, 0.25) is 0 Å². The molecule has 0 radical (unpaired) electrons. The molecule has 0 bridgehead atoms. The molecule has 148 valence electrons. The van der Waals surface area contributed by atoms with Gasteiger partial charge in [0.15, 0.2) is 5.11 Å². The van der Waals surface area contributed by atoms with Crippen LogP contribution in [0, 0.1) is 6.92 Å². The van der Waals surface area contributed by atoms with Crippen LogP contribution in [0.2, 0.25) is 0 Å². The van der Waals surface area contributed by atoms with E-state index in [1.165, 1.54) is 12.1 Å². The average Bonchev–Trinajstić information content (AvgIpc) is 2.68. The van der Waals surface area contributed by atoms with Crippen LogP contribution in [0.1, 0.15) is 16.7 Å². The smallest absolute Gasteiger partial charge is 0.340 e. The number of aliphatic imine (C=N–C) groups is 1. The zero-order valence-corrected chi connectivity index (χ0v) is 16.3. The van der Waals surface area contributed by atoms with Crippen LogP contribution in [0.3, 0.4) is 0 Å². The molecule has 0 fully saturated rings. The van der Waals surface area contributed by atoms with Crippen molar-refractivity contribution >= 4 is 34.5 Å². The highest BCUT2D eigenvalue weighted by molar-refractivity contribution is 7.80. The molecule has 3 rings (SSSR count). The second-order valence-corrected chi connectivity index (χ2v) is 6.71. The lowest BCUT2D eigenvalue weighted by Gasteiger charge is -2.13. The van der Waals surface area contributed by atoms with Gasteiger partial charge in [-0.25, -0.2) is 4.99 Å². The van der Waals surface area contributed by atoms with Crippen molar-refractivity contribution in [1.82, 2.24) is 0 Å². The van der Waals surface area contributed by atoms with Gasteiger partial charge in [0.05, 0.1) is 5.56 Å². The number of amidine groups is 1. The minimum atomic E-state index is -4.43. The van der Waals surface area contributed by atoms with Crippen LogP contribution in [0.5, 0.6) is 0 Å². The van der Waals surface area contributed by atoms with E-state index in [-0.39, 0.29) is 10.8 Å². The van der Waals surface area contributed by atoms with Gasteiger partial charge in [0, 0.05) is 16.9 Å². The summed E-state index contributed by atoms with van der Waals surface area (Å²) in [4.78, 5) is 4.40. The van der Waals surface area contributed by atoms with E-state index in [1.54, 1.807) is 0 Å². The van der Waals surface area contributed by atoms with Gasteiger partial charge in [-0.1, -0.05) is 54.1 Å². The minimum Gasteiger partial charge on any atom is -0.340 e. The van der Waals surface area contributed by atoms with Crippen LogP contribution in [0.25, 0.3) is 0 Å². The highest BCUT2D eigenvalue weighted by Gasteiger charge is 2.30. The van der Waals surface area contributed by atoms with E-state index in [4.69, 9.17) is 12.2 Å². The summed E-state index contributed by atoms with van der Waals surface area (Å²) in [6, 6.07) is 21.9. The third kappa shape index (κ3) is 5.89. The first-order valence-corrected chi connectivity index (χ1v) is 9.18. The Bertz CT molecular complexity index is 1010. The number of aryl methyl sites for hydroxylation is 1. The Balaban J connectivity index is 1.86. The first-order chi connectivity index (χ1) is 13.8. The van der Waals surface area contributed by atoms with E-state index in [1.807, 2.05) is 61.5 Å². The second kappa shape index (κ2) is 8.87. The molecule has 3 aromatic rings. The van der Waals surface area contributed by atoms with Crippen LogP contribution in [0.4, 0.5) is 24.5 Å². The number of thiocarbonyl (C=S) groups is 1. The average molecular weight is 413 g/mol. The highest BCUT2D eigenvalue weighted by Crippen LogP contribution is 2.30. The second-order valence-electron chi connectivity index (χ2n) is 6.33. The third-order valence-corrected chi connectivity index (χ3v) is 4.21. The van der Waals surface area contributed by atoms with Crippen LogP contribution in [0.15, 0.2) is 83.9 Å². The summed E-state index contributed by atoms with van der Waals surface area (Å²) in [5.41, 5.74) is 2.17. The van der Waals surface area contributed by atoms with Gasteiger partial charge in [0.1, 0.15) is 5.84 Å². The molecule has 0 aromatic heterocycles. The van der Waals surface area contributed by atoms with Crippen LogP contribution >= 0.6 is 12.2 Å². The summed E-state index contributed by atoms with van der Waals surface area (Å²) in [5.74, 6) is 0.487. The molecule has 0 aliphatic heterocycles. The van der Waals surface area contributed by atoms with Gasteiger partial charge in [-0.2, -0.15) is 13.2 Å². The molecule has 0 amide bonds. The number of halogens is 3. The first kappa shape index (κ1) is 20.5. The minimum absolute atomic E-state index is 0.0448. The fraction of sp³-hybridized carbons (Fsp3) is 0.0909. The molecule has 29 heavy (non-hydrogen) atoms. The van der Waals surface area contributed by atoms with E-state index in [0.717, 1.165) is 28.9 Å². The maximum atomic E-state index is 12.9. The van der Waals surface area contributed by atoms with Crippen molar-refractivity contribution in [2.45, 2.75) is 13.1 Å². The zero-order valence-electron chi connectivity index (χ0n) is 15.5. The van der Waals surface area contributed by atoms with E-state index in [0.29, 0.717) is 5.84 Å². The van der Waals surface area contributed by atoms with Crippen LogP contribution in [-0.4, -0.2) is 10.9 Å². The standard InChI is InChI=1S/C22H18F3N3S/c1-15-10-12-16(13-11-15)20(26-18-7-3-2-4-8-18)28-21(29)27-19-9-5-6-17(14-19)22(23,24)25/h2-14H,1H3,(H2,26,27,28,29). The molecule has 0 spiro atoms. The van der Waals surface area contributed by atoms with Crippen molar-refractivity contribution in [3.05, 3.63) is 95.6 Å². The number of nitrogens with zero attached hydrogens (tertiary/aromatic N) is 1. The lowest BCUT2D eigenvalue weighted by molar-refractivity contribution is -0.137. The molecule has 3 nitrogen and oxygen atoms in total. The molecule has 0 aliphatic rings. The van der Waals surface area contributed by atoms with Gasteiger partial charge in [-0.05, 0) is 49.5 Å². The van der Waals surface area contributed by atoms with Crippen molar-refractivity contribution < 1.29 is 13.2 Å². The lowest BCUT2D eigenvalue weighted by atomic mass is 10.1. The summed E-state index contributed by atoms with van der Waals surface area (Å²) in [7, 11) is 0. The number of hydrogen-bond acceptors (Lipinski definition) is 1. The van der Waals surface area contributed by atoms with Gasteiger partial charge in [-0.15, -0.1) is 0 Å².